The molecule has 5 rings (SSSR count). The number of rotatable bonds is 2. The van der Waals surface area contributed by atoms with E-state index in [-0.39, 0.29) is 5.82 Å². The quantitative estimate of drug-likeness (QED) is 0.437. The molecular weight excluding hydrogens is 443 g/mol. The Kier molecular flexibility index (Phi) is 5.32. The SMILES string of the molecule is CCn1nc(Cl)c2c1-c1cnc(NC)c(c1)OC(C)c1cc(F)ccc1-c1nn(C)cc1C2. The van der Waals surface area contributed by atoms with E-state index >= 15 is 0 Å². The molecule has 0 radical (unpaired) electrons. The van der Waals surface area contributed by atoms with Crippen molar-refractivity contribution in [3.05, 3.63) is 64.3 Å². The third-order valence-electron chi connectivity index (χ3n) is 5.95. The number of hydrogen-bond donors (Lipinski definition) is 1. The summed E-state index contributed by atoms with van der Waals surface area (Å²) in [7, 11) is 3.66. The highest BCUT2D eigenvalue weighted by molar-refractivity contribution is 6.30. The molecule has 0 amide bonds. The molecule has 33 heavy (non-hydrogen) atoms. The van der Waals surface area contributed by atoms with E-state index in [1.807, 2.05) is 37.8 Å². The maximum absolute atomic E-state index is 14.3. The summed E-state index contributed by atoms with van der Waals surface area (Å²) in [6.07, 6.45) is 3.83. The van der Waals surface area contributed by atoms with Gasteiger partial charge in [-0.25, -0.2) is 9.37 Å². The minimum absolute atomic E-state index is 0.330. The Balaban J connectivity index is 1.83. The van der Waals surface area contributed by atoms with Crippen molar-refractivity contribution < 1.29 is 9.13 Å². The molecule has 4 aromatic rings. The molecule has 0 spiro atoms. The van der Waals surface area contributed by atoms with Crippen LogP contribution in [0.15, 0.2) is 36.7 Å². The molecule has 0 saturated heterocycles. The molecule has 1 aliphatic rings. The van der Waals surface area contributed by atoms with Crippen LogP contribution >= 0.6 is 11.6 Å². The van der Waals surface area contributed by atoms with E-state index in [9.17, 15) is 4.39 Å². The maximum Gasteiger partial charge on any atom is 0.168 e. The molecule has 0 fully saturated rings. The van der Waals surface area contributed by atoms with Crippen molar-refractivity contribution >= 4 is 17.4 Å². The standard InChI is InChI=1S/C24H24ClFN6O/c1-5-32-22-14-9-20(24(27-3)28-11-14)33-13(2)18-10-16(26)6-7-17(18)21-15(12-31(4)29-21)8-19(22)23(25)30-32/h6-7,9-13H,5,8H2,1-4H3,(H,27,28). The third-order valence-corrected chi connectivity index (χ3v) is 6.25. The first-order valence-electron chi connectivity index (χ1n) is 10.8. The second kappa shape index (κ2) is 8.19. The number of pyridine rings is 1. The first-order chi connectivity index (χ1) is 15.9. The van der Waals surface area contributed by atoms with Crippen LogP contribution in [0.4, 0.5) is 10.2 Å². The van der Waals surface area contributed by atoms with Crippen molar-refractivity contribution in [3.63, 3.8) is 0 Å². The number of nitrogens with one attached hydrogen (secondary N) is 1. The predicted molar refractivity (Wildman–Crippen MR) is 126 cm³/mol. The third kappa shape index (κ3) is 3.64. The van der Waals surface area contributed by atoms with E-state index < -0.39 is 6.10 Å². The first kappa shape index (κ1) is 21.5. The van der Waals surface area contributed by atoms with Gasteiger partial charge >= 0.3 is 0 Å². The summed E-state index contributed by atoms with van der Waals surface area (Å²) in [6.45, 7) is 4.57. The average molecular weight is 467 g/mol. The number of anilines is 1. The van der Waals surface area contributed by atoms with E-state index in [4.69, 9.17) is 21.4 Å². The van der Waals surface area contributed by atoms with Crippen molar-refractivity contribution in [2.24, 2.45) is 7.05 Å². The summed E-state index contributed by atoms with van der Waals surface area (Å²) in [4.78, 5) is 4.58. The molecule has 0 saturated carbocycles. The van der Waals surface area contributed by atoms with Crippen LogP contribution in [0.5, 0.6) is 5.75 Å². The zero-order valence-corrected chi connectivity index (χ0v) is 19.6. The fraction of sp³-hybridized carbons (Fsp3) is 0.292. The van der Waals surface area contributed by atoms with Crippen molar-refractivity contribution in [1.29, 1.82) is 0 Å². The highest BCUT2D eigenvalue weighted by atomic mass is 35.5. The lowest BCUT2D eigenvalue weighted by Gasteiger charge is -2.21. The zero-order chi connectivity index (χ0) is 23.3. The van der Waals surface area contributed by atoms with Gasteiger partial charge in [0, 0.05) is 67.3 Å². The Labute approximate surface area is 196 Å². The fourth-order valence-corrected chi connectivity index (χ4v) is 4.70. The molecule has 1 atom stereocenters. The molecule has 1 aliphatic heterocycles. The number of aryl methyl sites for hydroxylation is 2. The second-order valence-corrected chi connectivity index (χ2v) is 8.46. The minimum Gasteiger partial charge on any atom is -0.482 e. The number of aromatic nitrogens is 5. The number of nitrogens with zero attached hydrogens (tertiary/aromatic N) is 5. The van der Waals surface area contributed by atoms with Gasteiger partial charge in [0.2, 0.25) is 0 Å². The topological polar surface area (TPSA) is 69.8 Å². The number of ether oxygens (including phenoxy) is 1. The Morgan fingerprint density at radius 1 is 1.27 bits per heavy atom. The predicted octanol–water partition coefficient (Wildman–Crippen LogP) is 5.24. The minimum atomic E-state index is -0.451. The molecule has 170 valence electrons. The van der Waals surface area contributed by atoms with Gasteiger partial charge in [-0.2, -0.15) is 10.2 Å². The highest BCUT2D eigenvalue weighted by Gasteiger charge is 2.26. The molecule has 0 aliphatic carbocycles. The lowest BCUT2D eigenvalue weighted by atomic mass is 9.94. The molecule has 4 heterocycles. The lowest BCUT2D eigenvalue weighted by molar-refractivity contribution is 0.227. The van der Waals surface area contributed by atoms with E-state index in [1.54, 1.807) is 24.0 Å². The Morgan fingerprint density at radius 2 is 2.09 bits per heavy atom. The van der Waals surface area contributed by atoms with Crippen LogP contribution in [0.25, 0.3) is 22.5 Å². The normalized spacial score (nSPS) is 14.9. The smallest absolute Gasteiger partial charge is 0.168 e. The van der Waals surface area contributed by atoms with Gasteiger partial charge in [-0.15, -0.1) is 0 Å². The van der Waals surface area contributed by atoms with Gasteiger partial charge in [0.25, 0.3) is 0 Å². The van der Waals surface area contributed by atoms with Gasteiger partial charge in [-0.3, -0.25) is 9.36 Å². The summed E-state index contributed by atoms with van der Waals surface area (Å²) in [5.74, 6) is 0.823. The molecular formula is C24H24ClFN6O. The molecule has 1 N–H and O–H groups in total. The summed E-state index contributed by atoms with van der Waals surface area (Å²) in [5.41, 5.74) is 5.88. The second-order valence-electron chi connectivity index (χ2n) is 8.10. The zero-order valence-electron chi connectivity index (χ0n) is 18.9. The summed E-state index contributed by atoms with van der Waals surface area (Å²) < 4.78 is 24.3. The molecule has 2 bridgehead atoms. The Hall–Kier alpha value is -3.39. The van der Waals surface area contributed by atoms with Crippen LogP contribution in [-0.2, 0) is 20.0 Å². The van der Waals surface area contributed by atoms with E-state index in [2.05, 4.69) is 15.4 Å². The van der Waals surface area contributed by atoms with E-state index in [0.29, 0.717) is 35.2 Å². The highest BCUT2D eigenvalue weighted by Crippen LogP contribution is 2.40. The van der Waals surface area contributed by atoms with Gasteiger partial charge in [0.15, 0.2) is 16.7 Å². The van der Waals surface area contributed by atoms with Crippen LogP contribution in [-0.4, -0.2) is 31.6 Å². The monoisotopic (exact) mass is 466 g/mol. The summed E-state index contributed by atoms with van der Waals surface area (Å²) in [5, 5.41) is 12.8. The average Bonchev–Trinajstić information content (AvgIpc) is 3.32. The lowest BCUT2D eigenvalue weighted by Crippen LogP contribution is -2.10. The van der Waals surface area contributed by atoms with Gasteiger partial charge in [-0.1, -0.05) is 11.6 Å². The summed E-state index contributed by atoms with van der Waals surface area (Å²) >= 11 is 6.65. The summed E-state index contributed by atoms with van der Waals surface area (Å²) in [6, 6.07) is 6.65. The molecule has 7 nitrogen and oxygen atoms in total. The van der Waals surface area contributed by atoms with Crippen molar-refractivity contribution in [3.8, 4) is 28.3 Å². The van der Waals surface area contributed by atoms with Gasteiger partial charge < -0.3 is 10.1 Å². The number of benzene rings is 1. The Morgan fingerprint density at radius 3 is 2.85 bits per heavy atom. The van der Waals surface area contributed by atoms with Crippen LogP contribution < -0.4 is 10.1 Å². The van der Waals surface area contributed by atoms with Crippen LogP contribution in [0.3, 0.4) is 0 Å². The largest absolute Gasteiger partial charge is 0.482 e. The van der Waals surface area contributed by atoms with Gasteiger partial charge in [0.05, 0.1) is 11.4 Å². The van der Waals surface area contributed by atoms with Crippen LogP contribution in [0, 0.1) is 5.82 Å². The Bertz CT molecular complexity index is 1360. The van der Waals surface area contributed by atoms with Gasteiger partial charge in [0.1, 0.15) is 11.9 Å². The molecule has 9 heteroatoms. The van der Waals surface area contributed by atoms with Crippen molar-refractivity contribution in [1.82, 2.24) is 24.5 Å². The van der Waals surface area contributed by atoms with Crippen molar-refractivity contribution in [2.75, 3.05) is 12.4 Å². The van der Waals surface area contributed by atoms with Crippen LogP contribution in [0.1, 0.15) is 36.6 Å². The fourth-order valence-electron chi connectivity index (χ4n) is 4.45. The van der Waals surface area contributed by atoms with E-state index in [1.165, 1.54) is 12.1 Å². The molecule has 3 aromatic heterocycles. The maximum atomic E-state index is 14.3. The first-order valence-corrected chi connectivity index (χ1v) is 11.2. The molecule has 1 unspecified atom stereocenters. The van der Waals surface area contributed by atoms with E-state index in [0.717, 1.165) is 33.6 Å². The number of halogens is 2. The van der Waals surface area contributed by atoms with Gasteiger partial charge in [-0.05, 0) is 38.1 Å². The van der Waals surface area contributed by atoms with Crippen molar-refractivity contribution in [2.45, 2.75) is 32.9 Å². The molecule has 1 aromatic carbocycles. The van der Waals surface area contributed by atoms with Crippen LogP contribution in [0.2, 0.25) is 5.15 Å². The number of hydrogen-bond acceptors (Lipinski definition) is 5. The number of fused-ring (bicyclic) bond motifs is 7.